The molecule has 2 rings (SSSR count). The first-order valence-corrected chi connectivity index (χ1v) is 5.45. The smallest absolute Gasteiger partial charge is 0.337 e. The van der Waals surface area contributed by atoms with Crippen LogP contribution in [0, 0.1) is 0 Å². The standard InChI is InChI=1S/C7H9NO2.C6H5NO2/c1-8-4-2-3-6(5-8)7(9)10;8-6(9)5-2-1-3-7-4-5/h2-4H,5H2,1H3,(H,9,10);1-4H,(H,8,9). The summed E-state index contributed by atoms with van der Waals surface area (Å²) in [5.74, 6) is -1.78. The third kappa shape index (κ3) is 5.03. The van der Waals surface area contributed by atoms with E-state index in [-0.39, 0.29) is 5.56 Å². The maximum atomic E-state index is 10.4. The summed E-state index contributed by atoms with van der Waals surface area (Å²) in [6.07, 6.45) is 8.02. The van der Waals surface area contributed by atoms with Crippen LogP contribution in [0.5, 0.6) is 0 Å². The van der Waals surface area contributed by atoms with Gasteiger partial charge in [0.1, 0.15) is 0 Å². The molecule has 100 valence electrons. The number of allylic oxidation sites excluding steroid dienone is 2. The first-order valence-electron chi connectivity index (χ1n) is 5.45. The van der Waals surface area contributed by atoms with Crippen LogP contribution in [0.2, 0.25) is 0 Å². The Morgan fingerprint density at radius 2 is 2.05 bits per heavy atom. The Morgan fingerprint density at radius 3 is 2.42 bits per heavy atom. The summed E-state index contributed by atoms with van der Waals surface area (Å²) >= 11 is 0. The molecule has 0 aromatic carbocycles. The van der Waals surface area contributed by atoms with Gasteiger partial charge in [0.2, 0.25) is 0 Å². The number of carbonyl (C=O) groups is 2. The summed E-state index contributed by atoms with van der Waals surface area (Å²) in [7, 11) is 1.84. The van der Waals surface area contributed by atoms with E-state index in [4.69, 9.17) is 10.2 Å². The number of aromatic carboxylic acids is 1. The van der Waals surface area contributed by atoms with Crippen molar-refractivity contribution in [2.45, 2.75) is 0 Å². The molecule has 0 bridgehead atoms. The van der Waals surface area contributed by atoms with Crippen LogP contribution in [0.4, 0.5) is 0 Å². The molecular formula is C13H14N2O4. The lowest BCUT2D eigenvalue weighted by Gasteiger charge is -2.16. The minimum absolute atomic E-state index is 0.220. The second kappa shape index (κ2) is 6.95. The highest BCUT2D eigenvalue weighted by atomic mass is 16.4. The Morgan fingerprint density at radius 1 is 1.32 bits per heavy atom. The van der Waals surface area contributed by atoms with Crippen LogP contribution in [-0.4, -0.2) is 45.6 Å². The zero-order valence-corrected chi connectivity index (χ0v) is 10.4. The molecule has 2 heterocycles. The minimum atomic E-state index is -0.942. The van der Waals surface area contributed by atoms with E-state index in [0.29, 0.717) is 12.1 Å². The lowest BCUT2D eigenvalue weighted by Crippen LogP contribution is -2.20. The molecule has 1 aromatic heterocycles. The average molecular weight is 262 g/mol. The Hall–Kier alpha value is -2.63. The molecule has 6 heteroatoms. The van der Waals surface area contributed by atoms with Crippen LogP contribution in [0.3, 0.4) is 0 Å². The number of carboxylic acid groups (broad SMARTS) is 2. The van der Waals surface area contributed by atoms with Gasteiger partial charge in [-0.3, -0.25) is 4.98 Å². The van der Waals surface area contributed by atoms with Gasteiger partial charge in [0.05, 0.1) is 11.1 Å². The number of pyridine rings is 1. The molecule has 1 aromatic rings. The number of hydrogen-bond donors (Lipinski definition) is 2. The topological polar surface area (TPSA) is 90.7 Å². The van der Waals surface area contributed by atoms with Crippen LogP contribution in [0.25, 0.3) is 0 Å². The van der Waals surface area contributed by atoms with Crippen molar-refractivity contribution in [3.63, 3.8) is 0 Å². The predicted octanol–water partition coefficient (Wildman–Crippen LogP) is 1.24. The third-order valence-corrected chi connectivity index (χ3v) is 2.24. The molecule has 0 saturated heterocycles. The monoisotopic (exact) mass is 262 g/mol. The van der Waals surface area contributed by atoms with Crippen molar-refractivity contribution in [1.82, 2.24) is 9.88 Å². The SMILES string of the molecule is CN1C=CC=C(C(=O)O)C1.O=C(O)c1cccnc1. The highest BCUT2D eigenvalue weighted by molar-refractivity contribution is 5.87. The largest absolute Gasteiger partial charge is 0.478 e. The Labute approximate surface area is 110 Å². The summed E-state index contributed by atoms with van der Waals surface area (Å²) in [5, 5.41) is 16.9. The number of aliphatic carboxylic acids is 1. The van der Waals surface area contributed by atoms with Gasteiger partial charge in [-0.15, -0.1) is 0 Å². The summed E-state index contributed by atoms with van der Waals surface area (Å²) in [6, 6.07) is 3.08. The maximum absolute atomic E-state index is 10.4. The number of carboxylic acids is 2. The van der Waals surface area contributed by atoms with Crippen LogP contribution in [0.1, 0.15) is 10.4 Å². The summed E-state index contributed by atoms with van der Waals surface area (Å²) in [4.78, 5) is 26.0. The van der Waals surface area contributed by atoms with E-state index in [1.807, 2.05) is 18.1 Å². The van der Waals surface area contributed by atoms with E-state index >= 15 is 0 Å². The quantitative estimate of drug-likeness (QED) is 0.833. The molecule has 6 nitrogen and oxygen atoms in total. The van der Waals surface area contributed by atoms with E-state index in [9.17, 15) is 9.59 Å². The van der Waals surface area contributed by atoms with Crippen LogP contribution in [-0.2, 0) is 4.79 Å². The molecule has 0 aliphatic carbocycles. The Kier molecular flexibility index (Phi) is 5.28. The molecule has 1 aliphatic rings. The molecule has 1 aliphatic heterocycles. The van der Waals surface area contributed by atoms with Crippen molar-refractivity contribution in [1.29, 1.82) is 0 Å². The second-order valence-electron chi connectivity index (χ2n) is 3.80. The van der Waals surface area contributed by atoms with Gasteiger partial charge in [-0.2, -0.15) is 0 Å². The number of hydrogen-bond acceptors (Lipinski definition) is 4. The molecule has 0 unspecified atom stereocenters. The lowest BCUT2D eigenvalue weighted by molar-refractivity contribution is -0.132. The van der Waals surface area contributed by atoms with E-state index in [2.05, 4.69) is 4.98 Å². The van der Waals surface area contributed by atoms with Crippen molar-refractivity contribution in [2.24, 2.45) is 0 Å². The molecule has 2 N–H and O–H groups in total. The van der Waals surface area contributed by atoms with Gasteiger partial charge in [-0.25, -0.2) is 9.59 Å². The minimum Gasteiger partial charge on any atom is -0.478 e. The molecule has 0 fully saturated rings. The summed E-state index contributed by atoms with van der Waals surface area (Å²) in [5.41, 5.74) is 0.655. The lowest BCUT2D eigenvalue weighted by atomic mass is 10.2. The van der Waals surface area contributed by atoms with Crippen LogP contribution < -0.4 is 0 Å². The van der Waals surface area contributed by atoms with E-state index < -0.39 is 11.9 Å². The molecule has 0 atom stereocenters. The van der Waals surface area contributed by atoms with Crippen molar-refractivity contribution in [3.05, 3.63) is 54.0 Å². The average Bonchev–Trinajstić information content (AvgIpc) is 2.40. The van der Waals surface area contributed by atoms with Crippen LogP contribution >= 0.6 is 0 Å². The van der Waals surface area contributed by atoms with Gasteiger partial charge >= 0.3 is 11.9 Å². The predicted molar refractivity (Wildman–Crippen MR) is 68.7 cm³/mol. The molecule has 19 heavy (non-hydrogen) atoms. The van der Waals surface area contributed by atoms with Gasteiger partial charge in [-0.05, 0) is 30.5 Å². The number of aromatic nitrogens is 1. The van der Waals surface area contributed by atoms with E-state index in [1.54, 1.807) is 18.2 Å². The Bertz CT molecular complexity index is 509. The van der Waals surface area contributed by atoms with Gasteiger partial charge in [0, 0.05) is 26.0 Å². The maximum Gasteiger partial charge on any atom is 0.337 e. The van der Waals surface area contributed by atoms with Crippen molar-refractivity contribution < 1.29 is 19.8 Å². The van der Waals surface area contributed by atoms with Crippen molar-refractivity contribution >= 4 is 11.9 Å². The zero-order chi connectivity index (χ0) is 14.3. The molecular weight excluding hydrogens is 248 g/mol. The first kappa shape index (κ1) is 14.4. The molecule has 0 amide bonds. The number of rotatable bonds is 2. The number of likely N-dealkylation sites (N-methyl/N-ethyl adjacent to an activating group) is 1. The van der Waals surface area contributed by atoms with Crippen molar-refractivity contribution in [3.8, 4) is 0 Å². The Balaban J connectivity index is 0.000000191. The van der Waals surface area contributed by atoms with Gasteiger partial charge in [0.25, 0.3) is 0 Å². The van der Waals surface area contributed by atoms with E-state index in [0.717, 1.165) is 0 Å². The third-order valence-electron chi connectivity index (χ3n) is 2.24. The van der Waals surface area contributed by atoms with Gasteiger partial charge in [-0.1, -0.05) is 0 Å². The molecule has 0 radical (unpaired) electrons. The van der Waals surface area contributed by atoms with Gasteiger partial charge in [0.15, 0.2) is 0 Å². The van der Waals surface area contributed by atoms with E-state index in [1.165, 1.54) is 18.5 Å². The normalized spacial score (nSPS) is 13.1. The second-order valence-corrected chi connectivity index (χ2v) is 3.80. The number of nitrogens with zero attached hydrogens (tertiary/aromatic N) is 2. The highest BCUT2D eigenvalue weighted by Gasteiger charge is 2.09. The van der Waals surface area contributed by atoms with Gasteiger partial charge < -0.3 is 15.1 Å². The fourth-order valence-corrected chi connectivity index (χ4v) is 1.31. The summed E-state index contributed by atoms with van der Waals surface area (Å²) in [6.45, 7) is 0.492. The molecule has 0 saturated carbocycles. The fourth-order valence-electron chi connectivity index (χ4n) is 1.31. The molecule has 0 spiro atoms. The zero-order valence-electron chi connectivity index (χ0n) is 10.4. The first-order chi connectivity index (χ1) is 9.00. The van der Waals surface area contributed by atoms with Crippen molar-refractivity contribution in [2.75, 3.05) is 13.6 Å². The van der Waals surface area contributed by atoms with Crippen LogP contribution in [0.15, 0.2) is 48.5 Å². The summed E-state index contributed by atoms with van der Waals surface area (Å²) < 4.78 is 0. The fraction of sp³-hybridized carbons (Fsp3) is 0.154. The highest BCUT2D eigenvalue weighted by Crippen LogP contribution is 2.04.